The highest BCUT2D eigenvalue weighted by Crippen LogP contribution is 2.48. The van der Waals surface area contributed by atoms with Gasteiger partial charge in [0.2, 0.25) is 0 Å². The summed E-state index contributed by atoms with van der Waals surface area (Å²) in [5.74, 6) is 1.01. The van der Waals surface area contributed by atoms with Crippen LogP contribution in [0.2, 0.25) is 0 Å². The van der Waals surface area contributed by atoms with Gasteiger partial charge in [0.15, 0.2) is 0 Å². The Kier molecular flexibility index (Phi) is 6.70. The molecule has 0 unspecified atom stereocenters. The molecular formula is C24H25NS. The normalized spacial score (nSPS) is 11.2. The highest BCUT2D eigenvalue weighted by Gasteiger charge is 2.36. The predicted octanol–water partition coefficient (Wildman–Crippen LogP) is 5.49. The van der Waals surface area contributed by atoms with Crippen molar-refractivity contribution in [1.82, 2.24) is 5.32 Å². The highest BCUT2D eigenvalue weighted by molar-refractivity contribution is 8.00. The summed E-state index contributed by atoms with van der Waals surface area (Å²) in [7, 11) is 0. The Labute approximate surface area is 161 Å². The molecule has 132 valence electrons. The van der Waals surface area contributed by atoms with Crippen LogP contribution in [-0.2, 0) is 4.75 Å². The van der Waals surface area contributed by atoms with E-state index in [-0.39, 0.29) is 4.75 Å². The number of hydrogen-bond acceptors (Lipinski definition) is 2. The minimum atomic E-state index is -0.223. The topological polar surface area (TPSA) is 12.0 Å². The summed E-state index contributed by atoms with van der Waals surface area (Å²) in [5, 5.41) is 3.42. The molecular weight excluding hydrogens is 334 g/mol. The summed E-state index contributed by atoms with van der Waals surface area (Å²) in [6.07, 6.45) is 1.91. The lowest BCUT2D eigenvalue weighted by Gasteiger charge is -2.35. The molecule has 26 heavy (non-hydrogen) atoms. The van der Waals surface area contributed by atoms with Crippen LogP contribution in [0.1, 0.15) is 16.7 Å². The minimum Gasteiger partial charge on any atom is -0.312 e. The summed E-state index contributed by atoms with van der Waals surface area (Å²) in [5.41, 5.74) is 3.93. The third kappa shape index (κ3) is 4.09. The Morgan fingerprint density at radius 3 is 1.54 bits per heavy atom. The molecule has 1 N–H and O–H groups in total. The molecule has 0 heterocycles. The van der Waals surface area contributed by atoms with Gasteiger partial charge >= 0.3 is 0 Å². The molecule has 3 aromatic carbocycles. The lowest BCUT2D eigenvalue weighted by Crippen LogP contribution is -2.28. The van der Waals surface area contributed by atoms with Crippen LogP contribution in [0.15, 0.2) is 104 Å². The van der Waals surface area contributed by atoms with Crippen molar-refractivity contribution < 1.29 is 0 Å². The third-order valence-electron chi connectivity index (χ3n) is 4.43. The molecule has 2 heteroatoms. The van der Waals surface area contributed by atoms with Gasteiger partial charge in [-0.3, -0.25) is 0 Å². The van der Waals surface area contributed by atoms with Gasteiger partial charge in [-0.2, -0.15) is 0 Å². The van der Waals surface area contributed by atoms with Crippen molar-refractivity contribution in [2.45, 2.75) is 4.75 Å². The second-order valence-electron chi connectivity index (χ2n) is 6.12. The van der Waals surface area contributed by atoms with E-state index in [0.717, 1.165) is 18.8 Å². The van der Waals surface area contributed by atoms with Crippen molar-refractivity contribution in [2.75, 3.05) is 18.8 Å². The number of nitrogens with one attached hydrogen (secondary N) is 1. The average molecular weight is 360 g/mol. The summed E-state index contributed by atoms with van der Waals surface area (Å²) in [6, 6.07) is 32.5. The first-order valence-corrected chi connectivity index (χ1v) is 9.98. The zero-order valence-corrected chi connectivity index (χ0v) is 15.8. The van der Waals surface area contributed by atoms with Gasteiger partial charge in [0.1, 0.15) is 0 Å². The van der Waals surface area contributed by atoms with E-state index >= 15 is 0 Å². The van der Waals surface area contributed by atoms with Crippen LogP contribution in [0, 0.1) is 0 Å². The maximum Gasteiger partial charge on any atom is 0.0907 e. The van der Waals surface area contributed by atoms with Gasteiger partial charge in [-0.05, 0) is 16.7 Å². The summed E-state index contributed by atoms with van der Waals surface area (Å²) in [4.78, 5) is 0. The van der Waals surface area contributed by atoms with E-state index in [1.165, 1.54) is 16.7 Å². The lowest BCUT2D eigenvalue weighted by molar-refractivity contribution is 0.800. The zero-order chi connectivity index (χ0) is 18.1. The fourth-order valence-corrected chi connectivity index (χ4v) is 4.71. The maximum absolute atomic E-state index is 3.78. The van der Waals surface area contributed by atoms with Gasteiger partial charge in [-0.25, -0.2) is 0 Å². The van der Waals surface area contributed by atoms with Gasteiger partial charge in [0.05, 0.1) is 4.75 Å². The monoisotopic (exact) mass is 359 g/mol. The molecule has 0 saturated heterocycles. The van der Waals surface area contributed by atoms with Crippen LogP contribution < -0.4 is 5.32 Å². The lowest BCUT2D eigenvalue weighted by atomic mass is 9.84. The first-order chi connectivity index (χ1) is 12.9. The Bertz CT molecular complexity index is 688. The Morgan fingerprint density at radius 2 is 1.15 bits per heavy atom. The molecule has 0 saturated carbocycles. The standard InChI is InChI=1S/C24H25NS/c1-2-18-25-19-20-26-24(21-12-6-3-7-13-21,22-14-8-4-9-15-22)23-16-10-5-11-17-23/h2-17,25H,1,18-20H2. The fraction of sp³-hybridized carbons (Fsp3) is 0.167. The van der Waals surface area contributed by atoms with Crippen molar-refractivity contribution in [3.8, 4) is 0 Å². The summed E-state index contributed by atoms with van der Waals surface area (Å²) in [6.45, 7) is 5.57. The molecule has 0 aliphatic carbocycles. The maximum atomic E-state index is 3.78. The van der Waals surface area contributed by atoms with E-state index in [9.17, 15) is 0 Å². The van der Waals surface area contributed by atoms with E-state index < -0.39 is 0 Å². The Balaban J connectivity index is 2.07. The van der Waals surface area contributed by atoms with Crippen molar-refractivity contribution in [1.29, 1.82) is 0 Å². The summed E-state index contributed by atoms with van der Waals surface area (Å²) < 4.78 is -0.223. The van der Waals surface area contributed by atoms with E-state index in [0.29, 0.717) is 0 Å². The fourth-order valence-electron chi connectivity index (χ4n) is 3.25. The molecule has 0 bridgehead atoms. The molecule has 0 atom stereocenters. The van der Waals surface area contributed by atoms with E-state index in [4.69, 9.17) is 0 Å². The number of rotatable bonds is 9. The zero-order valence-electron chi connectivity index (χ0n) is 15.0. The first kappa shape index (κ1) is 18.5. The predicted molar refractivity (Wildman–Crippen MR) is 115 cm³/mol. The molecule has 3 aromatic rings. The number of benzene rings is 3. The van der Waals surface area contributed by atoms with Crippen LogP contribution >= 0.6 is 11.8 Å². The van der Waals surface area contributed by atoms with Gasteiger partial charge in [0, 0.05) is 18.8 Å². The van der Waals surface area contributed by atoms with Crippen LogP contribution in [0.3, 0.4) is 0 Å². The number of hydrogen-bond donors (Lipinski definition) is 1. The largest absolute Gasteiger partial charge is 0.312 e. The smallest absolute Gasteiger partial charge is 0.0907 e. The van der Waals surface area contributed by atoms with Crippen LogP contribution in [-0.4, -0.2) is 18.8 Å². The molecule has 0 spiro atoms. The van der Waals surface area contributed by atoms with E-state index in [2.05, 4.69) is 103 Å². The van der Waals surface area contributed by atoms with Gasteiger partial charge in [-0.1, -0.05) is 97.1 Å². The first-order valence-electron chi connectivity index (χ1n) is 9.00. The van der Waals surface area contributed by atoms with E-state index in [1.54, 1.807) is 0 Å². The molecule has 0 fully saturated rings. The van der Waals surface area contributed by atoms with Crippen molar-refractivity contribution in [2.24, 2.45) is 0 Å². The molecule has 0 aliphatic rings. The summed E-state index contributed by atoms with van der Waals surface area (Å²) >= 11 is 1.98. The Hall–Kier alpha value is -2.29. The van der Waals surface area contributed by atoms with Gasteiger partial charge in [-0.15, -0.1) is 18.3 Å². The van der Waals surface area contributed by atoms with Crippen LogP contribution in [0.4, 0.5) is 0 Å². The second kappa shape index (κ2) is 9.42. The minimum absolute atomic E-state index is 0.223. The van der Waals surface area contributed by atoms with Crippen molar-refractivity contribution in [3.63, 3.8) is 0 Å². The van der Waals surface area contributed by atoms with Crippen molar-refractivity contribution >= 4 is 11.8 Å². The third-order valence-corrected chi connectivity index (χ3v) is 5.98. The molecule has 1 nitrogen and oxygen atoms in total. The number of thioether (sulfide) groups is 1. The highest BCUT2D eigenvalue weighted by atomic mass is 32.2. The molecule has 0 aliphatic heterocycles. The Morgan fingerprint density at radius 1 is 0.731 bits per heavy atom. The molecule has 3 rings (SSSR count). The SMILES string of the molecule is C=CCNCCSC(c1ccccc1)(c1ccccc1)c1ccccc1. The second-order valence-corrected chi connectivity index (χ2v) is 7.43. The molecule has 0 aromatic heterocycles. The van der Waals surface area contributed by atoms with Crippen molar-refractivity contribution in [3.05, 3.63) is 120 Å². The molecule has 0 radical (unpaired) electrons. The van der Waals surface area contributed by atoms with Crippen LogP contribution in [0.25, 0.3) is 0 Å². The van der Waals surface area contributed by atoms with Crippen LogP contribution in [0.5, 0.6) is 0 Å². The van der Waals surface area contributed by atoms with E-state index in [1.807, 2.05) is 17.8 Å². The average Bonchev–Trinajstić information content (AvgIpc) is 2.73. The van der Waals surface area contributed by atoms with Gasteiger partial charge in [0.25, 0.3) is 0 Å². The molecule has 0 amide bonds. The quantitative estimate of drug-likeness (QED) is 0.308. The van der Waals surface area contributed by atoms with Gasteiger partial charge < -0.3 is 5.32 Å².